The number of rotatable bonds is 11. The number of hydrogen-bond donors (Lipinski definition) is 1. The minimum Gasteiger partial charge on any atom is -0.870 e. The first-order valence-electron chi connectivity index (χ1n) is 13.2. The molecule has 0 aliphatic rings. The molecule has 3 N–H and O–H groups in total. The van der Waals surface area contributed by atoms with E-state index in [9.17, 15) is 134 Å². The first-order valence-corrected chi connectivity index (χ1v) is 19.1. The van der Waals surface area contributed by atoms with Crippen LogP contribution in [-0.4, -0.2) is 63.7 Å². The monoisotopic (exact) mass is 1310 g/mol. The van der Waals surface area contributed by atoms with E-state index in [-0.39, 0.29) is 162 Å². The number of nitrogens with zero attached hydrogens (tertiary/aromatic N) is 6. The zero-order valence-corrected chi connectivity index (χ0v) is 44.9. The Morgan fingerprint density at radius 1 is 0.451 bits per heavy atom. The summed E-state index contributed by atoms with van der Waals surface area (Å²) in [6.45, 7) is 0. The van der Waals surface area contributed by atoms with Crippen molar-refractivity contribution in [1.29, 1.82) is 0 Å². The first kappa shape index (κ1) is 87.3. The van der Waals surface area contributed by atoms with Crippen molar-refractivity contribution in [3.05, 3.63) is 114 Å². The molecule has 1 radical (unpaired) electrons. The van der Waals surface area contributed by atoms with Gasteiger partial charge in [-0.05, 0) is 0 Å². The number of hydrogen-bond acceptors (Lipinski definition) is 19. The van der Waals surface area contributed by atoms with Gasteiger partial charge in [-0.15, -0.1) is 24.0 Å². The number of carboxylic acid groups (broad SMARTS) is 2. The van der Waals surface area contributed by atoms with Crippen LogP contribution in [0.2, 0.25) is 0 Å². The van der Waals surface area contributed by atoms with E-state index < -0.39 is 168 Å². The summed E-state index contributed by atoms with van der Waals surface area (Å²) >= 11 is 0. The molecule has 0 heterocycles. The molecular weight excluding hydrogens is 1300 g/mol. The minimum atomic E-state index is -10.5. The maximum Gasteiger partial charge on any atom is 1.00 e. The van der Waals surface area contributed by atoms with Gasteiger partial charge in [0, 0.05) is 55.0 Å². The van der Waals surface area contributed by atoms with Crippen LogP contribution in [0.1, 0.15) is 28.1 Å². The molecule has 0 spiro atoms. The van der Waals surface area contributed by atoms with Gasteiger partial charge in [0.15, 0.2) is 5.56 Å². The molecule has 0 aliphatic carbocycles. The van der Waals surface area contributed by atoms with Crippen LogP contribution >= 0.6 is 54.6 Å². The van der Waals surface area contributed by atoms with Crippen molar-refractivity contribution >= 4 is 107 Å². The molecule has 0 unspecified atom stereocenters. The Morgan fingerprint density at radius 3 is 0.775 bits per heavy atom. The molecule has 0 amide bonds. The second kappa shape index (κ2) is 25.2. The second-order valence-electron chi connectivity index (χ2n) is 10.5. The average Bonchev–Trinajstić information content (AvgIpc) is 3.04. The smallest absolute Gasteiger partial charge is 0.870 e. The van der Waals surface area contributed by atoms with Crippen molar-refractivity contribution in [3.8, 4) is 0 Å². The van der Waals surface area contributed by atoms with Crippen LogP contribution in [0.3, 0.4) is 0 Å². The van der Waals surface area contributed by atoms with Gasteiger partial charge in [-0.1, -0.05) is 65.7 Å². The van der Waals surface area contributed by atoms with Gasteiger partial charge < -0.3 is 26.0 Å². The minimum absolute atomic E-state index is 0. The van der Waals surface area contributed by atoms with Gasteiger partial charge in [-0.2, -0.15) is 9.59 Å². The molecule has 0 aromatic heterocycles. The van der Waals surface area contributed by atoms with Crippen molar-refractivity contribution in [2.24, 2.45) is 0 Å². The Kier molecular flexibility index (Phi) is 31.0. The normalized spacial score (nSPS) is 12.9. The topological polar surface area (TPSA) is 430 Å². The van der Waals surface area contributed by atoms with Gasteiger partial charge in [0.25, 0.3) is 34.1 Å². The standard InChI is InChI=1S/2C7H3F5N2O6S.C6H3F5N2O4S.CO2.CH4.HI.3Na.2H2O.V/c2*8-21(9,10,11,12)3-1-4(13(17)18)6(7(15)16)5(2-3)14(19)20;7-18(8,9,10,11)6-2-4(12(14)15)1-5(3-6)13(16)17;2-1-3;;;;;;;;/h2*1-2H,(H,15,16);1-3H;;1H4;1H;;;;2*1H2;/q;;;;;;3*+1;;;/p-3. The van der Waals surface area contributed by atoms with Gasteiger partial charge in [0.05, 0.1) is 41.6 Å². The van der Waals surface area contributed by atoms with Crippen LogP contribution < -0.4 is 93.8 Å². The number of non-ortho nitro benzene ring substituents is 2. The van der Waals surface area contributed by atoms with E-state index in [1.54, 1.807) is 0 Å². The number of nitro benzene ring substituents is 6. The van der Waals surface area contributed by atoms with Gasteiger partial charge >= 0.3 is 131 Å². The third kappa shape index (κ3) is 26.4. The number of nitro groups is 6. The summed E-state index contributed by atoms with van der Waals surface area (Å²) in [7, 11) is -31.2. The third-order valence-corrected chi connectivity index (χ3v) is 9.36. The molecule has 3 aromatic rings. The van der Waals surface area contributed by atoms with Crippen molar-refractivity contribution in [3.63, 3.8) is 0 Å². The zero-order valence-electron chi connectivity index (χ0n) is 32.8. The fourth-order valence-corrected chi connectivity index (χ4v) is 5.65. The maximum absolute atomic E-state index is 12.6. The predicted molar refractivity (Wildman–Crippen MR) is 196 cm³/mol. The van der Waals surface area contributed by atoms with Crippen LogP contribution in [0.5, 0.6) is 0 Å². The van der Waals surface area contributed by atoms with E-state index in [0.29, 0.717) is 0 Å². The Bertz CT molecular complexity index is 2390. The van der Waals surface area contributed by atoms with Crippen molar-refractivity contribution in [1.82, 2.24) is 0 Å². The number of benzene rings is 3. The Balaban J connectivity index is -0.000000107. The molecule has 3 aromatic carbocycles. The summed E-state index contributed by atoms with van der Waals surface area (Å²) in [6, 6.07) is -3.74. The number of aromatic carboxylic acids is 2. The molecular formula is C22H15F15IN6Na3O20S3V. The van der Waals surface area contributed by atoms with Gasteiger partial charge in [0.1, 0.15) is 14.7 Å². The second-order valence-corrected chi connectivity index (χ2v) is 17.7. The van der Waals surface area contributed by atoms with E-state index in [1.807, 2.05) is 0 Å². The Hall–Kier alpha value is -3.39. The maximum atomic E-state index is 12.6. The van der Waals surface area contributed by atoms with Crippen molar-refractivity contribution < 1.29 is 235 Å². The van der Waals surface area contributed by atoms with Crippen LogP contribution in [-0.2, 0) is 28.1 Å². The van der Waals surface area contributed by atoms with Gasteiger partial charge in [-0.25, -0.2) is 4.79 Å². The zero-order chi connectivity index (χ0) is 50.9. The first-order chi connectivity index (χ1) is 27.2. The molecule has 3 rings (SSSR count). The van der Waals surface area contributed by atoms with E-state index in [1.165, 1.54) is 0 Å². The fourth-order valence-electron chi connectivity index (χ4n) is 3.62. The molecule has 0 saturated heterocycles. The molecule has 0 atom stereocenters. The molecule has 0 aliphatic heterocycles. The predicted octanol–water partition coefficient (Wildman–Crippen LogP) is 1.87. The van der Waals surface area contributed by atoms with Crippen LogP contribution in [0.25, 0.3) is 0 Å². The molecule has 0 bridgehead atoms. The van der Waals surface area contributed by atoms with Crippen LogP contribution in [0, 0.1) is 60.7 Å². The molecule has 391 valence electrons. The number of carbonyl (C=O) groups excluding carboxylic acids is 3. The molecule has 0 saturated carbocycles. The third-order valence-electron chi connectivity index (χ3n) is 5.98. The fraction of sp³-hybridized carbons (Fsp3) is 0.0455. The van der Waals surface area contributed by atoms with E-state index in [2.05, 4.69) is 0 Å². The SMILES string of the molecule is C.I.O=C(O)c1c([N+](=O)[O-])cc(S(F)(F)(F)(F)F)cc1[N+](=O)[O-].O=C([O-])c1c([N+](=O)[O-])cc(S(F)(F)(F)(F)F)cc1[N+](=O)[O-].O=C=O.O=[N+]([O-])c1cc([N+](=O)[O-])cc(S(F)(F)(F)(F)F)c1.[Na+].[Na+].[Na+].[OH-].[OH-].[V]. The number of carbonyl (C=O) groups is 2. The Morgan fingerprint density at radius 2 is 0.634 bits per heavy atom. The quantitative estimate of drug-likeness (QED) is 0.0941. The summed E-state index contributed by atoms with van der Waals surface area (Å²) in [4.78, 5) is 81.6. The summed E-state index contributed by atoms with van der Waals surface area (Å²) in [6.07, 6.45) is 0.250. The van der Waals surface area contributed by atoms with Crippen molar-refractivity contribution in [2.75, 3.05) is 0 Å². The Labute approximate surface area is 473 Å². The van der Waals surface area contributed by atoms with Gasteiger partial charge in [0.2, 0.25) is 5.56 Å². The van der Waals surface area contributed by atoms with Crippen LogP contribution in [0.15, 0.2) is 57.2 Å². The largest absolute Gasteiger partial charge is 1.00 e. The molecule has 26 nitrogen and oxygen atoms in total. The van der Waals surface area contributed by atoms with E-state index in [4.69, 9.17) is 14.7 Å². The summed E-state index contributed by atoms with van der Waals surface area (Å²) in [5, 5.41) is 81.7. The van der Waals surface area contributed by atoms with E-state index >= 15 is 0 Å². The summed E-state index contributed by atoms with van der Waals surface area (Å²) in [5.74, 6) is -4.86. The number of halogens is 16. The molecule has 49 heteroatoms. The summed E-state index contributed by atoms with van der Waals surface area (Å²) in [5.41, 5.74) is -14.4. The van der Waals surface area contributed by atoms with Crippen LogP contribution in [0.4, 0.5) is 92.4 Å². The number of carboxylic acids is 2. The van der Waals surface area contributed by atoms with Gasteiger partial charge in [-0.3, -0.25) is 60.7 Å². The molecule has 71 heavy (non-hydrogen) atoms. The molecule has 0 fully saturated rings. The van der Waals surface area contributed by atoms with E-state index in [0.717, 1.165) is 0 Å². The average molecular weight is 1310 g/mol. The van der Waals surface area contributed by atoms with Crippen molar-refractivity contribution in [2.45, 2.75) is 22.1 Å². The summed E-state index contributed by atoms with van der Waals surface area (Å²) < 4.78 is 188.